The summed E-state index contributed by atoms with van der Waals surface area (Å²) in [7, 11) is 0. The van der Waals surface area contributed by atoms with Gasteiger partial charge in [0.15, 0.2) is 0 Å². The maximum absolute atomic E-state index is 13.6. The molecule has 0 amide bonds. The molecule has 0 unspecified atom stereocenters. The van der Waals surface area contributed by atoms with E-state index in [0.717, 1.165) is 12.1 Å². The van der Waals surface area contributed by atoms with E-state index in [4.69, 9.17) is 5.73 Å². The quantitative estimate of drug-likeness (QED) is 0.681. The van der Waals surface area contributed by atoms with E-state index in [-0.39, 0.29) is 15.9 Å². The number of aromatic nitrogens is 3. The van der Waals surface area contributed by atoms with E-state index in [0.29, 0.717) is 0 Å². The second-order valence-electron chi connectivity index (χ2n) is 4.26. The molecule has 0 radical (unpaired) electrons. The standard InChI is InChI=1S/C11H7F7N4/c12-7-3-6(19)2-1-5(7)4-22-9(11(16,17)18)20-8(21-22)10(13,14)15/h1-3H,4,19H2. The minimum atomic E-state index is -5.17. The molecule has 0 aliphatic heterocycles. The van der Waals surface area contributed by atoms with Gasteiger partial charge in [-0.25, -0.2) is 9.07 Å². The fraction of sp³-hybridized carbons (Fsp3) is 0.273. The zero-order chi connectivity index (χ0) is 16.7. The molecule has 0 aliphatic carbocycles. The third-order valence-corrected chi connectivity index (χ3v) is 2.58. The van der Waals surface area contributed by atoms with E-state index in [1.807, 2.05) is 0 Å². The summed E-state index contributed by atoms with van der Waals surface area (Å²) in [5.41, 5.74) is 4.99. The molecule has 0 atom stereocenters. The molecule has 0 bridgehead atoms. The second kappa shape index (κ2) is 5.14. The van der Waals surface area contributed by atoms with Gasteiger partial charge in [0.05, 0.1) is 6.54 Å². The van der Waals surface area contributed by atoms with Gasteiger partial charge >= 0.3 is 12.4 Å². The average Bonchev–Trinajstić information content (AvgIpc) is 2.76. The minimum Gasteiger partial charge on any atom is -0.399 e. The van der Waals surface area contributed by atoms with Gasteiger partial charge in [-0.3, -0.25) is 0 Å². The first-order valence-electron chi connectivity index (χ1n) is 5.61. The molecule has 1 aromatic carbocycles. The molecule has 2 N–H and O–H groups in total. The van der Waals surface area contributed by atoms with Crippen LogP contribution in [0.3, 0.4) is 0 Å². The lowest BCUT2D eigenvalue weighted by Crippen LogP contribution is -2.17. The summed E-state index contributed by atoms with van der Waals surface area (Å²) < 4.78 is 89.0. The van der Waals surface area contributed by atoms with Crippen LogP contribution >= 0.6 is 0 Å². The molecule has 1 aromatic heterocycles. The molecule has 0 spiro atoms. The third kappa shape index (κ3) is 3.28. The largest absolute Gasteiger partial charge is 0.453 e. The van der Waals surface area contributed by atoms with Crippen LogP contribution < -0.4 is 5.73 Å². The molecule has 1 heterocycles. The summed E-state index contributed by atoms with van der Waals surface area (Å²) in [6.07, 6.45) is -10.3. The van der Waals surface area contributed by atoms with Gasteiger partial charge in [-0.15, -0.1) is 5.10 Å². The lowest BCUT2D eigenvalue weighted by molar-refractivity contribution is -0.150. The molecular weight excluding hydrogens is 321 g/mol. The number of nitrogens with two attached hydrogens (primary N) is 1. The number of nitrogens with zero attached hydrogens (tertiary/aromatic N) is 3. The van der Waals surface area contributed by atoms with Crippen molar-refractivity contribution < 1.29 is 30.7 Å². The topological polar surface area (TPSA) is 56.7 Å². The van der Waals surface area contributed by atoms with Crippen molar-refractivity contribution in [3.8, 4) is 0 Å². The normalized spacial score (nSPS) is 12.7. The van der Waals surface area contributed by atoms with Gasteiger partial charge in [-0.05, 0) is 12.1 Å². The number of hydrogen-bond acceptors (Lipinski definition) is 3. The average molecular weight is 328 g/mol. The van der Waals surface area contributed by atoms with Crippen molar-refractivity contribution in [1.82, 2.24) is 14.8 Å². The fourth-order valence-corrected chi connectivity index (χ4v) is 1.64. The zero-order valence-corrected chi connectivity index (χ0v) is 10.5. The molecule has 2 rings (SSSR count). The minimum absolute atomic E-state index is 0.0202. The Bertz CT molecular complexity index is 687. The van der Waals surface area contributed by atoms with Crippen LogP contribution in [-0.2, 0) is 18.9 Å². The van der Waals surface area contributed by atoms with Crippen molar-refractivity contribution in [1.29, 1.82) is 0 Å². The molecule has 22 heavy (non-hydrogen) atoms. The van der Waals surface area contributed by atoms with Crippen LogP contribution in [-0.4, -0.2) is 14.8 Å². The summed E-state index contributed by atoms with van der Waals surface area (Å²) >= 11 is 0. The summed E-state index contributed by atoms with van der Waals surface area (Å²) in [5, 5.41) is 2.77. The summed E-state index contributed by atoms with van der Waals surface area (Å²) in [6, 6.07) is 3.09. The van der Waals surface area contributed by atoms with Crippen LogP contribution in [0.2, 0.25) is 0 Å². The summed E-state index contributed by atoms with van der Waals surface area (Å²) in [6.45, 7) is -0.871. The Morgan fingerprint density at radius 2 is 1.68 bits per heavy atom. The lowest BCUT2D eigenvalue weighted by atomic mass is 10.2. The Kier molecular flexibility index (Phi) is 3.75. The molecule has 0 saturated heterocycles. The first-order valence-corrected chi connectivity index (χ1v) is 5.61. The van der Waals surface area contributed by atoms with E-state index < -0.39 is 36.4 Å². The van der Waals surface area contributed by atoms with E-state index >= 15 is 0 Å². The van der Waals surface area contributed by atoms with Crippen molar-refractivity contribution in [3.63, 3.8) is 0 Å². The van der Waals surface area contributed by atoms with E-state index in [1.165, 1.54) is 6.07 Å². The second-order valence-corrected chi connectivity index (χ2v) is 4.26. The molecule has 0 saturated carbocycles. The van der Waals surface area contributed by atoms with Crippen molar-refractivity contribution in [3.05, 3.63) is 41.2 Å². The predicted molar refractivity (Wildman–Crippen MR) is 59.9 cm³/mol. The van der Waals surface area contributed by atoms with Crippen molar-refractivity contribution in [2.45, 2.75) is 18.9 Å². The maximum atomic E-state index is 13.6. The highest BCUT2D eigenvalue weighted by Crippen LogP contribution is 2.32. The Balaban J connectivity index is 2.47. The smallest absolute Gasteiger partial charge is 0.399 e. The van der Waals surface area contributed by atoms with E-state index in [2.05, 4.69) is 10.1 Å². The van der Waals surface area contributed by atoms with Gasteiger partial charge in [0.25, 0.3) is 5.82 Å². The highest BCUT2D eigenvalue weighted by Gasteiger charge is 2.44. The van der Waals surface area contributed by atoms with Gasteiger partial charge in [0.2, 0.25) is 5.82 Å². The zero-order valence-electron chi connectivity index (χ0n) is 10.5. The van der Waals surface area contributed by atoms with Gasteiger partial charge in [0, 0.05) is 11.3 Å². The molecule has 0 aliphatic rings. The molecule has 120 valence electrons. The number of halogens is 7. The van der Waals surface area contributed by atoms with Crippen LogP contribution in [0, 0.1) is 5.82 Å². The SMILES string of the molecule is Nc1ccc(Cn2nc(C(F)(F)F)nc2C(F)(F)F)c(F)c1. The fourth-order valence-electron chi connectivity index (χ4n) is 1.64. The van der Waals surface area contributed by atoms with Crippen LogP contribution in [0.5, 0.6) is 0 Å². The van der Waals surface area contributed by atoms with Gasteiger partial charge in [-0.2, -0.15) is 31.3 Å². The molecule has 0 fully saturated rings. The summed E-state index contributed by atoms with van der Waals surface area (Å²) in [5.74, 6) is -4.77. The molecular formula is C11H7F7N4. The third-order valence-electron chi connectivity index (χ3n) is 2.58. The first kappa shape index (κ1) is 16.0. The van der Waals surface area contributed by atoms with E-state index in [1.54, 1.807) is 0 Å². The van der Waals surface area contributed by atoms with Crippen LogP contribution in [0.25, 0.3) is 0 Å². The highest BCUT2D eigenvalue weighted by molar-refractivity contribution is 5.40. The van der Waals surface area contributed by atoms with Crippen molar-refractivity contribution >= 4 is 5.69 Å². The lowest BCUT2D eigenvalue weighted by Gasteiger charge is -2.09. The van der Waals surface area contributed by atoms with Gasteiger partial charge < -0.3 is 5.73 Å². The van der Waals surface area contributed by atoms with Gasteiger partial charge in [0.1, 0.15) is 5.82 Å². The molecule has 11 heteroatoms. The van der Waals surface area contributed by atoms with E-state index in [9.17, 15) is 30.7 Å². The Morgan fingerprint density at radius 3 is 2.18 bits per heavy atom. The van der Waals surface area contributed by atoms with Crippen molar-refractivity contribution in [2.75, 3.05) is 5.73 Å². The first-order chi connectivity index (χ1) is 9.98. The number of nitrogen functional groups attached to an aromatic ring is 1. The monoisotopic (exact) mass is 328 g/mol. The Morgan fingerprint density at radius 1 is 1.05 bits per heavy atom. The molecule has 4 nitrogen and oxygen atoms in total. The van der Waals surface area contributed by atoms with Gasteiger partial charge in [-0.1, -0.05) is 6.07 Å². The van der Waals surface area contributed by atoms with Crippen molar-refractivity contribution in [2.24, 2.45) is 0 Å². The Labute approximate surface area is 118 Å². The van der Waals surface area contributed by atoms with Crippen LogP contribution in [0.15, 0.2) is 18.2 Å². The van der Waals surface area contributed by atoms with Crippen LogP contribution in [0.1, 0.15) is 17.2 Å². The highest BCUT2D eigenvalue weighted by atomic mass is 19.4. The number of benzene rings is 1. The van der Waals surface area contributed by atoms with Crippen LogP contribution in [0.4, 0.5) is 36.4 Å². The number of alkyl halides is 6. The number of rotatable bonds is 2. The summed E-state index contributed by atoms with van der Waals surface area (Å²) in [4.78, 5) is 2.45. The maximum Gasteiger partial charge on any atom is 0.453 e. The molecule has 2 aromatic rings. The number of hydrogen-bond donors (Lipinski definition) is 1. The Hall–Kier alpha value is -2.33. The predicted octanol–water partition coefficient (Wildman–Crippen LogP) is 3.09. The number of anilines is 1.